The summed E-state index contributed by atoms with van der Waals surface area (Å²) in [6.45, 7) is 6.15. The number of carbonyl (C=O) groups is 2. The third-order valence-corrected chi connectivity index (χ3v) is 7.05. The van der Waals surface area contributed by atoms with Gasteiger partial charge >= 0.3 is 0 Å². The van der Waals surface area contributed by atoms with Crippen molar-refractivity contribution < 1.29 is 19.8 Å². The van der Waals surface area contributed by atoms with Gasteiger partial charge in [-0.05, 0) is 36.7 Å². The zero-order chi connectivity index (χ0) is 25.1. The summed E-state index contributed by atoms with van der Waals surface area (Å²) >= 11 is 0. The van der Waals surface area contributed by atoms with Crippen LogP contribution >= 0.6 is 0 Å². The highest BCUT2D eigenvalue weighted by Gasteiger charge is 2.32. The summed E-state index contributed by atoms with van der Waals surface area (Å²) in [6, 6.07) is 9.42. The lowest BCUT2D eigenvalue weighted by Gasteiger charge is -2.33. The van der Waals surface area contributed by atoms with E-state index in [1.807, 2.05) is 51.1 Å². The van der Waals surface area contributed by atoms with Gasteiger partial charge in [0.15, 0.2) is 0 Å². The fourth-order valence-electron chi connectivity index (χ4n) is 4.96. The van der Waals surface area contributed by atoms with E-state index in [1.54, 1.807) is 11.9 Å². The first-order valence-electron chi connectivity index (χ1n) is 13.1. The average molecular weight is 475 g/mol. The molecule has 0 saturated heterocycles. The van der Waals surface area contributed by atoms with Gasteiger partial charge in [-0.1, -0.05) is 83.2 Å². The van der Waals surface area contributed by atoms with Gasteiger partial charge in [0.1, 0.15) is 6.10 Å². The number of hydrogen-bond acceptors (Lipinski definition) is 4. The number of aliphatic hydroxyl groups is 2. The van der Waals surface area contributed by atoms with Crippen LogP contribution in [-0.2, 0) is 16.0 Å². The van der Waals surface area contributed by atoms with Crippen molar-refractivity contribution in [3.8, 4) is 0 Å². The number of nitrogens with one attached hydrogen (secondary N) is 1. The van der Waals surface area contributed by atoms with E-state index in [4.69, 9.17) is 0 Å². The maximum absolute atomic E-state index is 13.0. The highest BCUT2D eigenvalue weighted by molar-refractivity contribution is 5.81. The van der Waals surface area contributed by atoms with Crippen LogP contribution in [0, 0.1) is 17.8 Å². The van der Waals surface area contributed by atoms with E-state index in [2.05, 4.69) is 5.32 Å². The van der Waals surface area contributed by atoms with Crippen LogP contribution in [0.25, 0.3) is 0 Å². The molecule has 1 aromatic carbocycles. The minimum absolute atomic E-state index is 0.00893. The molecule has 192 valence electrons. The topological polar surface area (TPSA) is 89.9 Å². The molecule has 2 amide bonds. The maximum Gasteiger partial charge on any atom is 0.224 e. The molecule has 1 aliphatic carbocycles. The standard InChI is InChI=1S/C28H46N2O4/c1-20(2)17-25(31)27(33)24(18-23-13-9-6-10-14-23)29-28(34)21(3)19-30(4)26(32)16-15-22-11-7-5-8-12-22/h5,7-8,11-12,20-21,23-25,27,31,33H,6,9-10,13-19H2,1-4H3,(H,29,34)/t21-,24+,25-,27+/m0/s1. The summed E-state index contributed by atoms with van der Waals surface area (Å²) in [5, 5.41) is 24.5. The molecule has 0 unspecified atom stereocenters. The zero-order valence-electron chi connectivity index (χ0n) is 21.6. The van der Waals surface area contributed by atoms with Crippen molar-refractivity contribution in [1.29, 1.82) is 0 Å². The van der Waals surface area contributed by atoms with E-state index < -0.39 is 24.2 Å². The molecule has 4 atom stereocenters. The van der Waals surface area contributed by atoms with Crippen LogP contribution in [0.1, 0.15) is 77.7 Å². The Bertz CT molecular complexity index is 733. The zero-order valence-corrected chi connectivity index (χ0v) is 21.6. The molecule has 1 saturated carbocycles. The third kappa shape index (κ3) is 9.75. The van der Waals surface area contributed by atoms with Gasteiger partial charge in [-0.2, -0.15) is 0 Å². The predicted octanol–water partition coefficient (Wildman–Crippen LogP) is 3.94. The lowest BCUT2D eigenvalue weighted by Crippen LogP contribution is -2.52. The summed E-state index contributed by atoms with van der Waals surface area (Å²) in [7, 11) is 1.73. The van der Waals surface area contributed by atoms with Crippen molar-refractivity contribution in [2.45, 2.75) is 96.8 Å². The second kappa shape index (κ2) is 14.5. The highest BCUT2D eigenvalue weighted by atomic mass is 16.3. The van der Waals surface area contributed by atoms with E-state index >= 15 is 0 Å². The number of aryl methyl sites for hydroxylation is 1. The fourth-order valence-corrected chi connectivity index (χ4v) is 4.96. The number of carbonyl (C=O) groups excluding carboxylic acids is 2. The number of nitrogens with zero attached hydrogens (tertiary/aromatic N) is 1. The van der Waals surface area contributed by atoms with Crippen molar-refractivity contribution in [3.05, 3.63) is 35.9 Å². The molecule has 0 spiro atoms. The Balaban J connectivity index is 1.92. The summed E-state index contributed by atoms with van der Waals surface area (Å²) in [6.07, 6.45) is 6.21. The van der Waals surface area contributed by atoms with Crippen LogP contribution in [0.4, 0.5) is 0 Å². The van der Waals surface area contributed by atoms with E-state index in [1.165, 1.54) is 19.3 Å². The van der Waals surface area contributed by atoms with Crippen LogP contribution in [0.15, 0.2) is 30.3 Å². The van der Waals surface area contributed by atoms with Crippen molar-refractivity contribution in [1.82, 2.24) is 10.2 Å². The molecule has 1 fully saturated rings. The lowest BCUT2D eigenvalue weighted by atomic mass is 9.82. The van der Waals surface area contributed by atoms with Crippen LogP contribution in [-0.4, -0.2) is 58.8 Å². The lowest BCUT2D eigenvalue weighted by molar-refractivity contribution is -0.132. The summed E-state index contributed by atoms with van der Waals surface area (Å²) in [5.74, 6) is 0.130. The number of rotatable bonds is 13. The molecular formula is C28H46N2O4. The van der Waals surface area contributed by atoms with Crippen molar-refractivity contribution in [2.24, 2.45) is 17.8 Å². The molecular weight excluding hydrogens is 428 g/mol. The Morgan fingerprint density at radius 2 is 1.71 bits per heavy atom. The molecule has 0 radical (unpaired) electrons. The van der Waals surface area contributed by atoms with Crippen molar-refractivity contribution in [2.75, 3.05) is 13.6 Å². The fraction of sp³-hybridized carbons (Fsp3) is 0.714. The Morgan fingerprint density at radius 3 is 2.32 bits per heavy atom. The monoisotopic (exact) mass is 474 g/mol. The third-order valence-electron chi connectivity index (χ3n) is 7.05. The van der Waals surface area contributed by atoms with E-state index in [-0.39, 0.29) is 17.7 Å². The Morgan fingerprint density at radius 1 is 1.06 bits per heavy atom. The maximum atomic E-state index is 13.0. The normalized spacial score (nSPS) is 18.2. The Kier molecular flexibility index (Phi) is 12.1. The number of hydrogen-bond donors (Lipinski definition) is 3. The van der Waals surface area contributed by atoms with Crippen LogP contribution in [0.5, 0.6) is 0 Å². The number of benzene rings is 1. The molecule has 2 rings (SSSR count). The molecule has 34 heavy (non-hydrogen) atoms. The van der Waals surface area contributed by atoms with Crippen molar-refractivity contribution in [3.63, 3.8) is 0 Å². The second-order valence-corrected chi connectivity index (χ2v) is 10.7. The molecule has 0 aromatic heterocycles. The largest absolute Gasteiger partial charge is 0.390 e. The van der Waals surface area contributed by atoms with Gasteiger partial charge in [-0.3, -0.25) is 9.59 Å². The summed E-state index contributed by atoms with van der Waals surface area (Å²) < 4.78 is 0. The van der Waals surface area contributed by atoms with Crippen LogP contribution in [0.3, 0.4) is 0 Å². The summed E-state index contributed by atoms with van der Waals surface area (Å²) in [4.78, 5) is 27.2. The molecule has 3 N–H and O–H groups in total. The molecule has 0 bridgehead atoms. The van der Waals surface area contributed by atoms with Gasteiger partial charge in [0.05, 0.1) is 18.1 Å². The van der Waals surface area contributed by atoms with E-state index in [9.17, 15) is 19.8 Å². The van der Waals surface area contributed by atoms with Crippen LogP contribution in [0.2, 0.25) is 0 Å². The molecule has 1 aliphatic rings. The number of amides is 2. The first-order chi connectivity index (χ1) is 16.2. The van der Waals surface area contributed by atoms with Crippen LogP contribution < -0.4 is 5.32 Å². The van der Waals surface area contributed by atoms with Gasteiger partial charge in [0.25, 0.3) is 0 Å². The first-order valence-corrected chi connectivity index (χ1v) is 13.1. The molecule has 0 aliphatic heterocycles. The van der Waals surface area contributed by atoms with Gasteiger partial charge in [-0.25, -0.2) is 0 Å². The minimum atomic E-state index is -0.995. The molecule has 6 nitrogen and oxygen atoms in total. The number of aliphatic hydroxyl groups excluding tert-OH is 2. The summed E-state index contributed by atoms with van der Waals surface area (Å²) in [5.41, 5.74) is 1.12. The highest BCUT2D eigenvalue weighted by Crippen LogP contribution is 2.29. The Labute approximate surface area is 206 Å². The van der Waals surface area contributed by atoms with Crippen molar-refractivity contribution >= 4 is 11.8 Å². The van der Waals surface area contributed by atoms with Gasteiger partial charge in [-0.15, -0.1) is 0 Å². The SMILES string of the molecule is CC(C)C[C@H](O)[C@H](O)[C@@H](CC1CCCCC1)NC(=O)[C@@H](C)CN(C)C(=O)CCc1ccccc1. The van der Waals surface area contributed by atoms with Gasteiger partial charge < -0.3 is 20.4 Å². The molecule has 6 heteroatoms. The van der Waals surface area contributed by atoms with Gasteiger partial charge in [0.2, 0.25) is 11.8 Å². The molecule has 1 aromatic rings. The van der Waals surface area contributed by atoms with Gasteiger partial charge in [0, 0.05) is 20.0 Å². The van der Waals surface area contributed by atoms with E-state index in [0.29, 0.717) is 38.1 Å². The Hall–Kier alpha value is -1.92. The average Bonchev–Trinajstić information content (AvgIpc) is 2.82. The second-order valence-electron chi connectivity index (χ2n) is 10.7. The predicted molar refractivity (Wildman–Crippen MR) is 136 cm³/mol. The quantitative estimate of drug-likeness (QED) is 0.404. The van der Waals surface area contributed by atoms with E-state index in [0.717, 1.165) is 18.4 Å². The smallest absolute Gasteiger partial charge is 0.224 e. The molecule has 0 heterocycles. The first kappa shape index (κ1) is 28.3. The minimum Gasteiger partial charge on any atom is -0.390 e.